The van der Waals surface area contributed by atoms with Crippen molar-refractivity contribution >= 4 is 5.82 Å². The summed E-state index contributed by atoms with van der Waals surface area (Å²) in [6.45, 7) is 4.85. The molecule has 0 spiro atoms. The molecule has 0 bridgehead atoms. The van der Waals surface area contributed by atoms with E-state index in [9.17, 15) is 0 Å². The smallest absolute Gasteiger partial charge is 0.162 e. The van der Waals surface area contributed by atoms with Gasteiger partial charge in [-0.1, -0.05) is 0 Å². The van der Waals surface area contributed by atoms with Gasteiger partial charge in [-0.15, -0.1) is 0 Å². The van der Waals surface area contributed by atoms with E-state index < -0.39 is 0 Å². The van der Waals surface area contributed by atoms with Crippen LogP contribution in [0.15, 0.2) is 6.07 Å². The van der Waals surface area contributed by atoms with Gasteiger partial charge in [0.1, 0.15) is 11.4 Å². The lowest BCUT2D eigenvalue weighted by Gasteiger charge is -2.22. The Hall–Kier alpha value is -1.16. The molecule has 1 fully saturated rings. The summed E-state index contributed by atoms with van der Waals surface area (Å²) >= 11 is 0. The van der Waals surface area contributed by atoms with Crippen molar-refractivity contribution in [3.8, 4) is 0 Å². The van der Waals surface area contributed by atoms with Crippen LogP contribution in [0.1, 0.15) is 31.3 Å². The van der Waals surface area contributed by atoms with E-state index in [-0.39, 0.29) is 5.60 Å². The third kappa shape index (κ3) is 1.95. The highest BCUT2D eigenvalue weighted by Gasteiger charge is 2.35. The molecule has 1 aliphatic heterocycles. The molecule has 1 N–H and O–H groups in total. The number of anilines is 1. The van der Waals surface area contributed by atoms with Crippen LogP contribution in [0.2, 0.25) is 0 Å². The van der Waals surface area contributed by atoms with Crippen molar-refractivity contribution in [2.24, 2.45) is 0 Å². The summed E-state index contributed by atoms with van der Waals surface area (Å²) in [6.07, 6.45) is 2.09. The van der Waals surface area contributed by atoms with Crippen LogP contribution in [0.25, 0.3) is 0 Å². The summed E-state index contributed by atoms with van der Waals surface area (Å²) in [5.41, 5.74) is 0.679. The van der Waals surface area contributed by atoms with Gasteiger partial charge in [-0.3, -0.25) is 0 Å². The van der Waals surface area contributed by atoms with Crippen molar-refractivity contribution in [2.75, 3.05) is 19.0 Å². The predicted molar refractivity (Wildman–Crippen MR) is 58.9 cm³/mol. The minimum Gasteiger partial charge on any atom is -0.373 e. The fourth-order valence-electron chi connectivity index (χ4n) is 1.89. The highest BCUT2D eigenvalue weighted by Crippen LogP contribution is 2.33. The molecule has 1 atom stereocenters. The zero-order chi connectivity index (χ0) is 10.9. The first-order chi connectivity index (χ1) is 7.14. The maximum absolute atomic E-state index is 5.73. The Labute approximate surface area is 90.1 Å². The molecule has 4 heteroatoms. The fraction of sp³-hybridized carbons (Fsp3) is 0.636. The fourth-order valence-corrected chi connectivity index (χ4v) is 1.89. The molecule has 4 nitrogen and oxygen atoms in total. The van der Waals surface area contributed by atoms with Gasteiger partial charge in [0.15, 0.2) is 5.82 Å². The van der Waals surface area contributed by atoms with Crippen molar-refractivity contribution in [1.29, 1.82) is 0 Å². The van der Waals surface area contributed by atoms with E-state index in [0.29, 0.717) is 0 Å². The SMILES string of the molecule is CNc1cc(C)nc(C2(C)CCCO2)n1. The Morgan fingerprint density at radius 2 is 2.27 bits per heavy atom. The average molecular weight is 207 g/mol. The first-order valence-corrected chi connectivity index (χ1v) is 5.32. The van der Waals surface area contributed by atoms with Crippen LogP contribution >= 0.6 is 0 Å². The van der Waals surface area contributed by atoms with Crippen LogP contribution in [0, 0.1) is 6.92 Å². The number of hydrogen-bond donors (Lipinski definition) is 1. The maximum Gasteiger partial charge on any atom is 0.162 e. The molecule has 82 valence electrons. The summed E-state index contributed by atoms with van der Waals surface area (Å²) < 4.78 is 5.73. The van der Waals surface area contributed by atoms with E-state index in [4.69, 9.17) is 4.74 Å². The first-order valence-electron chi connectivity index (χ1n) is 5.32. The Balaban J connectivity index is 2.38. The van der Waals surface area contributed by atoms with Crippen LogP contribution in [0.4, 0.5) is 5.82 Å². The lowest BCUT2D eigenvalue weighted by Crippen LogP contribution is -2.24. The molecule has 2 rings (SSSR count). The van der Waals surface area contributed by atoms with Crippen LogP contribution in [-0.4, -0.2) is 23.6 Å². The number of ether oxygens (including phenoxy) is 1. The Morgan fingerprint density at radius 3 is 2.87 bits per heavy atom. The average Bonchev–Trinajstić information content (AvgIpc) is 2.65. The molecule has 1 unspecified atom stereocenters. The number of nitrogens with one attached hydrogen (secondary N) is 1. The van der Waals surface area contributed by atoms with Crippen LogP contribution in [-0.2, 0) is 10.3 Å². The van der Waals surface area contributed by atoms with E-state index in [2.05, 4.69) is 22.2 Å². The Kier molecular flexibility index (Phi) is 2.61. The topological polar surface area (TPSA) is 47.0 Å². The normalized spacial score (nSPS) is 25.5. The monoisotopic (exact) mass is 207 g/mol. The number of hydrogen-bond acceptors (Lipinski definition) is 4. The zero-order valence-electron chi connectivity index (χ0n) is 9.50. The van der Waals surface area contributed by atoms with Crippen molar-refractivity contribution in [1.82, 2.24) is 9.97 Å². The molecule has 0 amide bonds. The standard InChI is InChI=1S/C11H17N3O/c1-8-7-9(12-3)14-10(13-8)11(2)5-4-6-15-11/h7H,4-6H2,1-3H3,(H,12,13,14). The largest absolute Gasteiger partial charge is 0.373 e. The van der Waals surface area contributed by atoms with Crippen LogP contribution in [0.5, 0.6) is 0 Å². The first kappa shape index (κ1) is 10.4. The Morgan fingerprint density at radius 1 is 1.47 bits per heavy atom. The second kappa shape index (κ2) is 3.77. The molecule has 0 aliphatic carbocycles. The van der Waals surface area contributed by atoms with Gasteiger partial charge >= 0.3 is 0 Å². The minimum atomic E-state index is -0.294. The van der Waals surface area contributed by atoms with Gasteiger partial charge in [0.05, 0.1) is 0 Å². The number of rotatable bonds is 2. The van der Waals surface area contributed by atoms with Crippen LogP contribution < -0.4 is 5.32 Å². The second-order valence-corrected chi connectivity index (χ2v) is 4.15. The van der Waals surface area contributed by atoms with Gasteiger partial charge in [0, 0.05) is 25.4 Å². The summed E-state index contributed by atoms with van der Waals surface area (Å²) in [5, 5.41) is 3.04. The highest BCUT2D eigenvalue weighted by atomic mass is 16.5. The molecule has 0 radical (unpaired) electrons. The Bertz CT molecular complexity index is 359. The van der Waals surface area contributed by atoms with Gasteiger partial charge in [-0.05, 0) is 26.7 Å². The highest BCUT2D eigenvalue weighted by molar-refractivity contribution is 5.35. The minimum absolute atomic E-state index is 0.294. The summed E-state index contributed by atoms with van der Waals surface area (Å²) in [5.74, 6) is 1.65. The molecule has 0 saturated carbocycles. The molecule has 1 saturated heterocycles. The number of aryl methyl sites for hydroxylation is 1. The van der Waals surface area contributed by atoms with Crippen molar-refractivity contribution in [3.05, 3.63) is 17.6 Å². The lowest BCUT2D eigenvalue weighted by atomic mass is 10.0. The predicted octanol–water partition coefficient (Wildman–Crippen LogP) is 1.85. The number of nitrogens with zero attached hydrogens (tertiary/aromatic N) is 2. The summed E-state index contributed by atoms with van der Waals surface area (Å²) in [7, 11) is 1.86. The molecule has 1 aromatic rings. The van der Waals surface area contributed by atoms with Crippen molar-refractivity contribution in [3.63, 3.8) is 0 Å². The van der Waals surface area contributed by atoms with E-state index >= 15 is 0 Å². The lowest BCUT2D eigenvalue weighted by molar-refractivity contribution is 0.00932. The van der Waals surface area contributed by atoms with Gasteiger partial charge in [0.2, 0.25) is 0 Å². The van der Waals surface area contributed by atoms with Gasteiger partial charge in [-0.25, -0.2) is 9.97 Å². The van der Waals surface area contributed by atoms with Crippen molar-refractivity contribution in [2.45, 2.75) is 32.3 Å². The van der Waals surface area contributed by atoms with E-state index in [0.717, 1.165) is 36.8 Å². The second-order valence-electron chi connectivity index (χ2n) is 4.15. The van der Waals surface area contributed by atoms with E-state index in [1.54, 1.807) is 0 Å². The maximum atomic E-state index is 5.73. The van der Waals surface area contributed by atoms with Gasteiger partial charge < -0.3 is 10.1 Å². The molecule has 15 heavy (non-hydrogen) atoms. The van der Waals surface area contributed by atoms with E-state index in [1.807, 2.05) is 20.0 Å². The molecule has 2 heterocycles. The van der Waals surface area contributed by atoms with Crippen molar-refractivity contribution < 1.29 is 4.74 Å². The third-order valence-corrected chi connectivity index (χ3v) is 2.80. The molecule has 1 aromatic heterocycles. The van der Waals surface area contributed by atoms with Gasteiger partial charge in [-0.2, -0.15) is 0 Å². The van der Waals surface area contributed by atoms with E-state index in [1.165, 1.54) is 0 Å². The summed E-state index contributed by atoms with van der Waals surface area (Å²) in [4.78, 5) is 8.92. The molecular weight excluding hydrogens is 190 g/mol. The molecule has 1 aliphatic rings. The van der Waals surface area contributed by atoms with Gasteiger partial charge in [0.25, 0.3) is 0 Å². The van der Waals surface area contributed by atoms with Crippen LogP contribution in [0.3, 0.4) is 0 Å². The quantitative estimate of drug-likeness (QED) is 0.804. The zero-order valence-corrected chi connectivity index (χ0v) is 9.50. The third-order valence-electron chi connectivity index (χ3n) is 2.80. The summed E-state index contributed by atoms with van der Waals surface area (Å²) in [6, 6.07) is 1.93. The molecule has 0 aromatic carbocycles. The molecular formula is C11H17N3O. The number of aromatic nitrogens is 2.